The molecule has 1 saturated heterocycles. The number of carbonyl (C=O) groups excluding carboxylic acids is 1. The highest BCUT2D eigenvalue weighted by atomic mass is 16.1. The fourth-order valence-electron chi connectivity index (χ4n) is 4.58. The highest BCUT2D eigenvalue weighted by molar-refractivity contribution is 6.07. The molecule has 27 heavy (non-hydrogen) atoms. The molecule has 8 nitrogen and oxygen atoms in total. The number of nitrogens with zero attached hydrogens (tertiary/aromatic N) is 4. The number of hydrogen-bond acceptors (Lipinski definition) is 7. The number of benzene rings is 1. The largest absolute Gasteiger partial charge is 0.371 e. The normalized spacial score (nSPS) is 21.9. The van der Waals surface area contributed by atoms with Crippen LogP contribution < -0.4 is 27.0 Å². The molecule has 1 spiro atoms. The Hall–Kier alpha value is -2.77. The molecule has 0 radical (unpaired) electrons. The molecule has 1 aliphatic carbocycles. The minimum Gasteiger partial charge on any atom is -0.371 e. The van der Waals surface area contributed by atoms with Gasteiger partial charge in [0, 0.05) is 18.8 Å². The van der Waals surface area contributed by atoms with Crippen molar-refractivity contribution in [3.8, 4) is 0 Å². The van der Waals surface area contributed by atoms with Crippen molar-refractivity contribution in [2.45, 2.75) is 50.6 Å². The summed E-state index contributed by atoms with van der Waals surface area (Å²) in [5.41, 5.74) is 19.7. The third kappa shape index (κ3) is 3.09. The van der Waals surface area contributed by atoms with Gasteiger partial charge < -0.3 is 22.1 Å². The van der Waals surface area contributed by atoms with Crippen LogP contribution in [0.4, 0.5) is 11.4 Å². The predicted molar refractivity (Wildman–Crippen MR) is 108 cm³/mol. The first kappa shape index (κ1) is 17.6. The quantitative estimate of drug-likeness (QED) is 0.744. The minimum absolute atomic E-state index is 0.235. The number of nitrogens with two attached hydrogens (primary N) is 3. The second kappa shape index (κ2) is 6.75. The van der Waals surface area contributed by atoms with Crippen molar-refractivity contribution < 1.29 is 4.79 Å². The van der Waals surface area contributed by atoms with Crippen LogP contribution in [0, 0.1) is 0 Å². The van der Waals surface area contributed by atoms with Crippen LogP contribution in [-0.2, 0) is 0 Å². The number of carbonyl (C=O) groups is 1. The molecule has 0 atom stereocenters. The average Bonchev–Trinajstić information content (AvgIpc) is 3.16. The van der Waals surface area contributed by atoms with Crippen LogP contribution in [0.25, 0.3) is 0 Å². The van der Waals surface area contributed by atoms with Gasteiger partial charge in [-0.25, -0.2) is 4.99 Å². The number of hydrogen-bond donors (Lipinski definition) is 3. The van der Waals surface area contributed by atoms with Crippen molar-refractivity contribution in [3.63, 3.8) is 0 Å². The van der Waals surface area contributed by atoms with E-state index in [9.17, 15) is 4.79 Å². The number of aliphatic imine (C=N–C) groups is 2. The van der Waals surface area contributed by atoms with Crippen LogP contribution in [-0.4, -0.2) is 36.6 Å². The molecule has 1 amide bonds. The van der Waals surface area contributed by atoms with E-state index >= 15 is 0 Å². The average molecular weight is 369 g/mol. The number of anilines is 2. The van der Waals surface area contributed by atoms with Gasteiger partial charge in [-0.2, -0.15) is 4.99 Å². The van der Waals surface area contributed by atoms with E-state index in [-0.39, 0.29) is 5.96 Å². The first-order valence-corrected chi connectivity index (χ1v) is 9.69. The summed E-state index contributed by atoms with van der Waals surface area (Å²) in [5.74, 6) is 0.168. The zero-order valence-electron chi connectivity index (χ0n) is 15.5. The summed E-state index contributed by atoms with van der Waals surface area (Å²) in [6.45, 7) is 1.84. The van der Waals surface area contributed by atoms with E-state index in [0.29, 0.717) is 11.5 Å². The van der Waals surface area contributed by atoms with E-state index in [0.717, 1.165) is 63.0 Å². The smallest absolute Gasteiger partial charge is 0.250 e. The molecule has 1 saturated carbocycles. The van der Waals surface area contributed by atoms with Crippen molar-refractivity contribution in [2.24, 2.45) is 27.2 Å². The number of guanidine groups is 2. The van der Waals surface area contributed by atoms with Crippen molar-refractivity contribution in [2.75, 3.05) is 22.9 Å². The Morgan fingerprint density at radius 1 is 1.04 bits per heavy atom. The first-order chi connectivity index (χ1) is 13.0. The van der Waals surface area contributed by atoms with E-state index in [4.69, 9.17) is 22.2 Å². The summed E-state index contributed by atoms with van der Waals surface area (Å²) in [4.78, 5) is 25.1. The zero-order chi connectivity index (χ0) is 19.0. The van der Waals surface area contributed by atoms with Gasteiger partial charge in [0.1, 0.15) is 5.66 Å². The third-order valence-electron chi connectivity index (χ3n) is 5.80. The van der Waals surface area contributed by atoms with Gasteiger partial charge in [-0.15, -0.1) is 0 Å². The third-order valence-corrected chi connectivity index (χ3v) is 5.80. The molecule has 144 valence electrons. The maximum absolute atomic E-state index is 12.0. The Morgan fingerprint density at radius 2 is 1.74 bits per heavy atom. The fraction of sp³-hybridized carbons (Fsp3) is 0.526. The molecule has 2 heterocycles. The molecule has 1 aromatic carbocycles. The lowest BCUT2D eigenvalue weighted by molar-refractivity contribution is 0.100. The van der Waals surface area contributed by atoms with Crippen molar-refractivity contribution in [1.29, 1.82) is 0 Å². The lowest BCUT2D eigenvalue weighted by Crippen LogP contribution is -2.58. The van der Waals surface area contributed by atoms with Gasteiger partial charge in [-0.1, -0.05) is 6.42 Å². The first-order valence-electron chi connectivity index (χ1n) is 9.69. The van der Waals surface area contributed by atoms with Gasteiger partial charge in [0.05, 0.1) is 11.3 Å². The Morgan fingerprint density at radius 3 is 2.41 bits per heavy atom. The molecule has 2 fully saturated rings. The van der Waals surface area contributed by atoms with Crippen LogP contribution in [0.2, 0.25) is 0 Å². The molecular formula is C19H27N7O. The second-order valence-corrected chi connectivity index (χ2v) is 7.58. The summed E-state index contributed by atoms with van der Waals surface area (Å²) in [6, 6.07) is 5.67. The van der Waals surface area contributed by atoms with Gasteiger partial charge in [0.25, 0.3) is 5.91 Å². The summed E-state index contributed by atoms with van der Waals surface area (Å²) in [5, 5.41) is 0. The minimum atomic E-state index is -0.495. The van der Waals surface area contributed by atoms with Crippen molar-refractivity contribution >= 4 is 29.2 Å². The zero-order valence-corrected chi connectivity index (χ0v) is 15.5. The molecule has 2 aliphatic heterocycles. The lowest BCUT2D eigenvalue weighted by atomic mass is 9.87. The summed E-state index contributed by atoms with van der Waals surface area (Å²) < 4.78 is 0. The Labute approximate surface area is 159 Å². The van der Waals surface area contributed by atoms with Crippen molar-refractivity contribution in [3.05, 3.63) is 23.8 Å². The van der Waals surface area contributed by atoms with Crippen LogP contribution >= 0.6 is 0 Å². The molecule has 1 aromatic rings. The molecule has 4 rings (SSSR count). The van der Waals surface area contributed by atoms with Crippen LogP contribution in [0.5, 0.6) is 0 Å². The monoisotopic (exact) mass is 369 g/mol. The van der Waals surface area contributed by atoms with E-state index in [1.165, 1.54) is 6.42 Å². The highest BCUT2D eigenvalue weighted by Crippen LogP contribution is 2.41. The van der Waals surface area contributed by atoms with Crippen LogP contribution in [0.15, 0.2) is 28.2 Å². The Balaban J connectivity index is 1.80. The lowest BCUT2D eigenvalue weighted by Gasteiger charge is -2.45. The van der Waals surface area contributed by atoms with Gasteiger partial charge in [-0.3, -0.25) is 9.69 Å². The number of amides is 1. The summed E-state index contributed by atoms with van der Waals surface area (Å²) in [7, 11) is 0. The molecular weight excluding hydrogens is 342 g/mol. The summed E-state index contributed by atoms with van der Waals surface area (Å²) >= 11 is 0. The Kier molecular flexibility index (Phi) is 4.41. The maximum atomic E-state index is 12.0. The maximum Gasteiger partial charge on any atom is 0.250 e. The SMILES string of the molecule is NC(=O)c1ccc(N2C(N)=NC(N)=NC23CCCCC3)cc1N1CCCC1. The van der Waals surface area contributed by atoms with Crippen molar-refractivity contribution in [1.82, 2.24) is 0 Å². The molecule has 8 heteroatoms. The molecule has 0 aromatic heterocycles. The van der Waals surface area contributed by atoms with Gasteiger partial charge >= 0.3 is 0 Å². The fourth-order valence-corrected chi connectivity index (χ4v) is 4.58. The summed E-state index contributed by atoms with van der Waals surface area (Å²) in [6.07, 6.45) is 7.29. The Bertz CT molecular complexity index is 804. The van der Waals surface area contributed by atoms with E-state index < -0.39 is 11.6 Å². The molecule has 3 aliphatic rings. The van der Waals surface area contributed by atoms with Gasteiger partial charge in [-0.05, 0) is 56.7 Å². The van der Waals surface area contributed by atoms with Crippen LogP contribution in [0.1, 0.15) is 55.3 Å². The van der Waals surface area contributed by atoms with Gasteiger partial charge in [0.15, 0.2) is 0 Å². The van der Waals surface area contributed by atoms with Crippen LogP contribution in [0.3, 0.4) is 0 Å². The number of primary amides is 1. The highest BCUT2D eigenvalue weighted by Gasteiger charge is 2.42. The topological polar surface area (TPSA) is 126 Å². The molecule has 0 bridgehead atoms. The molecule has 0 unspecified atom stereocenters. The predicted octanol–water partition coefficient (Wildman–Crippen LogP) is 1.50. The standard InChI is InChI=1S/C19H27N7O/c20-16(27)14-7-6-13(12-15(14)25-10-4-5-11-25)26-18(22)23-17(21)24-19(26)8-2-1-3-9-19/h6-7,12H,1-5,8-11H2,(H2,20,27)(H4,21,22,23,24). The van der Waals surface area contributed by atoms with E-state index in [1.54, 1.807) is 6.07 Å². The van der Waals surface area contributed by atoms with E-state index in [1.807, 2.05) is 17.0 Å². The molecule has 6 N–H and O–H groups in total. The van der Waals surface area contributed by atoms with E-state index in [2.05, 4.69) is 9.89 Å². The van der Waals surface area contributed by atoms with Gasteiger partial charge in [0.2, 0.25) is 11.9 Å². The number of rotatable bonds is 3. The second-order valence-electron chi connectivity index (χ2n) is 7.58.